The van der Waals surface area contributed by atoms with Crippen molar-refractivity contribution < 1.29 is 8.42 Å². The molecule has 0 atom stereocenters. The summed E-state index contributed by atoms with van der Waals surface area (Å²) in [7, 11) is 2.26. The summed E-state index contributed by atoms with van der Waals surface area (Å²) in [4.78, 5) is 4.49. The lowest BCUT2D eigenvalue weighted by molar-refractivity contribution is 0.352. The third-order valence-electron chi connectivity index (χ3n) is 5.91. The Hall–Kier alpha value is -2.25. The number of rotatable bonds is 5. The summed E-state index contributed by atoms with van der Waals surface area (Å²) in [5.74, 6) is 0. The lowest BCUT2D eigenvalue weighted by Gasteiger charge is -2.21. The molecule has 0 amide bonds. The highest BCUT2D eigenvalue weighted by Crippen LogP contribution is 2.32. The van der Waals surface area contributed by atoms with Crippen LogP contribution >= 0.6 is 24.0 Å². The number of nitrogens with one attached hydrogen (secondary N) is 1. The van der Waals surface area contributed by atoms with Crippen LogP contribution in [0.15, 0.2) is 65.6 Å². The van der Waals surface area contributed by atoms with Crippen molar-refractivity contribution in [2.24, 2.45) is 0 Å². The quantitative estimate of drug-likeness (QED) is 0.509. The zero-order chi connectivity index (χ0) is 22.9. The third kappa shape index (κ3) is 5.82. The van der Waals surface area contributed by atoms with E-state index in [1.807, 2.05) is 61.5 Å². The Morgan fingerprint density at radius 1 is 0.879 bits per heavy atom. The second-order valence-electron chi connectivity index (χ2n) is 8.47. The van der Waals surface area contributed by atoms with E-state index in [0.29, 0.717) is 10.7 Å². The highest BCUT2D eigenvalue weighted by Gasteiger charge is 2.20. The number of likely N-dealkylation sites (N-methyl/N-ethyl adjacent to an activating group) is 1. The number of halogens is 2. The first-order chi connectivity index (χ1) is 15.2. The fourth-order valence-corrected chi connectivity index (χ4v) is 5.19. The second-order valence-corrected chi connectivity index (χ2v) is 10.6. The summed E-state index contributed by atoms with van der Waals surface area (Å²) in [5, 5.41) is 0.668. The van der Waals surface area contributed by atoms with Gasteiger partial charge in [0, 0.05) is 32.2 Å². The fourth-order valence-electron chi connectivity index (χ4n) is 4.00. The van der Waals surface area contributed by atoms with Crippen LogP contribution in [0.3, 0.4) is 0 Å². The largest absolute Gasteiger partial charge is 0.376 e. The van der Waals surface area contributed by atoms with E-state index in [0.717, 1.165) is 42.7 Å². The monoisotopic (exact) mass is 505 g/mol. The third-order valence-corrected chi connectivity index (χ3v) is 7.55. The molecule has 5 nitrogen and oxygen atoms in total. The van der Waals surface area contributed by atoms with Crippen LogP contribution in [0.2, 0.25) is 5.02 Å². The van der Waals surface area contributed by atoms with Crippen LogP contribution in [0.5, 0.6) is 0 Å². The van der Waals surface area contributed by atoms with E-state index in [2.05, 4.69) is 22.7 Å². The van der Waals surface area contributed by atoms with Crippen LogP contribution in [0, 0.1) is 0 Å². The van der Waals surface area contributed by atoms with Crippen LogP contribution < -0.4 is 9.62 Å². The van der Waals surface area contributed by atoms with Crippen LogP contribution in [-0.2, 0) is 22.9 Å². The molecular weight excluding hydrogens is 477 g/mol. The van der Waals surface area contributed by atoms with Crippen LogP contribution in [-0.4, -0.2) is 47.6 Å². The topological polar surface area (TPSA) is 52.7 Å². The number of hydrogen-bond acceptors (Lipinski definition) is 4. The Balaban J connectivity index is 0.00000306. The molecule has 0 unspecified atom stereocenters. The summed E-state index contributed by atoms with van der Waals surface area (Å²) in [5.41, 5.74) is 5.89. The maximum absolute atomic E-state index is 13.2. The number of sulfonamides is 1. The standard InChI is InChI=1S/C25H28ClN3O2S.ClH/c1-28(2)25-17-21-13-15-29(3)14-12-20(21)16-24(25)27-32(30,31)23-10-6-19(7-11-23)18-4-8-22(26)9-5-18;/h4-11,16-17,27H,12-15H2,1-3H3;1H. The maximum atomic E-state index is 13.2. The van der Waals surface area contributed by atoms with Crippen molar-refractivity contribution in [2.75, 3.05) is 43.9 Å². The molecule has 176 valence electrons. The van der Waals surface area contributed by atoms with Crippen LogP contribution in [0.4, 0.5) is 11.4 Å². The Morgan fingerprint density at radius 2 is 1.39 bits per heavy atom. The number of nitrogens with zero attached hydrogens (tertiary/aromatic N) is 2. The Kier molecular flexibility index (Phi) is 7.96. The Morgan fingerprint density at radius 3 is 1.94 bits per heavy atom. The molecule has 1 aliphatic rings. The van der Waals surface area contributed by atoms with Gasteiger partial charge in [-0.15, -0.1) is 12.4 Å². The van der Waals surface area contributed by atoms with Gasteiger partial charge in [0.05, 0.1) is 16.3 Å². The van der Waals surface area contributed by atoms with Crippen molar-refractivity contribution in [1.82, 2.24) is 4.90 Å². The van der Waals surface area contributed by atoms with Gasteiger partial charge in [-0.25, -0.2) is 8.42 Å². The minimum Gasteiger partial charge on any atom is -0.376 e. The summed E-state index contributed by atoms with van der Waals surface area (Å²) in [6.45, 7) is 1.97. The average Bonchev–Trinajstić information content (AvgIpc) is 2.94. The van der Waals surface area contributed by atoms with Gasteiger partial charge in [-0.1, -0.05) is 35.9 Å². The predicted octanol–water partition coefficient (Wildman–Crippen LogP) is 5.33. The highest BCUT2D eigenvalue weighted by atomic mass is 35.5. The number of fused-ring (bicyclic) bond motifs is 1. The van der Waals surface area contributed by atoms with Gasteiger partial charge in [-0.2, -0.15) is 0 Å². The summed E-state index contributed by atoms with van der Waals surface area (Å²) >= 11 is 5.96. The molecule has 33 heavy (non-hydrogen) atoms. The van der Waals surface area contributed by atoms with Crippen molar-refractivity contribution in [1.29, 1.82) is 0 Å². The molecule has 0 aromatic heterocycles. The molecule has 8 heteroatoms. The number of anilines is 2. The van der Waals surface area contributed by atoms with Gasteiger partial charge in [0.2, 0.25) is 0 Å². The minimum atomic E-state index is -3.73. The van der Waals surface area contributed by atoms with E-state index >= 15 is 0 Å². The van der Waals surface area contributed by atoms with E-state index in [-0.39, 0.29) is 17.3 Å². The molecule has 3 aromatic carbocycles. The lowest BCUT2D eigenvalue weighted by Crippen LogP contribution is -2.20. The number of benzene rings is 3. The molecule has 0 saturated heterocycles. The molecule has 0 aliphatic carbocycles. The van der Waals surface area contributed by atoms with Gasteiger partial charge in [0.1, 0.15) is 0 Å². The zero-order valence-corrected chi connectivity index (χ0v) is 21.4. The van der Waals surface area contributed by atoms with Gasteiger partial charge in [-0.05, 0) is 78.5 Å². The van der Waals surface area contributed by atoms with Crippen LogP contribution in [0.1, 0.15) is 11.1 Å². The highest BCUT2D eigenvalue weighted by molar-refractivity contribution is 7.92. The van der Waals surface area contributed by atoms with Crippen molar-refractivity contribution >= 4 is 45.4 Å². The second kappa shape index (κ2) is 10.3. The first kappa shape index (κ1) is 25.4. The molecule has 4 rings (SSSR count). The number of hydrogen-bond donors (Lipinski definition) is 1. The van der Waals surface area contributed by atoms with Gasteiger partial charge in [0.15, 0.2) is 0 Å². The van der Waals surface area contributed by atoms with Crippen molar-refractivity contribution in [3.05, 3.63) is 76.8 Å². The summed E-state index contributed by atoms with van der Waals surface area (Å²) < 4.78 is 29.2. The Bertz CT molecular complexity index is 1210. The van der Waals surface area contributed by atoms with Gasteiger partial charge in [0.25, 0.3) is 10.0 Å². The van der Waals surface area contributed by atoms with E-state index in [9.17, 15) is 8.42 Å². The predicted molar refractivity (Wildman–Crippen MR) is 141 cm³/mol. The molecule has 0 spiro atoms. The van der Waals surface area contributed by atoms with Gasteiger partial charge < -0.3 is 9.80 Å². The first-order valence-corrected chi connectivity index (χ1v) is 12.5. The van der Waals surface area contributed by atoms with E-state index in [1.165, 1.54) is 11.1 Å². The molecule has 1 heterocycles. The average molecular weight is 506 g/mol. The fraction of sp³-hybridized carbons (Fsp3) is 0.280. The minimum absolute atomic E-state index is 0. The first-order valence-electron chi connectivity index (χ1n) is 10.6. The molecule has 3 aromatic rings. The SMILES string of the molecule is CN1CCc2cc(NS(=O)(=O)c3ccc(-c4ccc(Cl)cc4)cc3)c(N(C)C)cc2CC1.Cl. The van der Waals surface area contributed by atoms with Gasteiger partial charge in [-0.3, -0.25) is 4.72 Å². The van der Waals surface area contributed by atoms with Gasteiger partial charge >= 0.3 is 0 Å². The van der Waals surface area contributed by atoms with Crippen LogP contribution in [0.25, 0.3) is 11.1 Å². The smallest absolute Gasteiger partial charge is 0.261 e. The molecule has 0 saturated carbocycles. The lowest BCUT2D eigenvalue weighted by atomic mass is 10.0. The Labute approximate surface area is 207 Å². The normalized spacial score (nSPS) is 14.1. The van der Waals surface area contributed by atoms with Crippen molar-refractivity contribution in [2.45, 2.75) is 17.7 Å². The molecule has 0 radical (unpaired) electrons. The van der Waals surface area contributed by atoms with Crippen molar-refractivity contribution in [3.63, 3.8) is 0 Å². The summed E-state index contributed by atoms with van der Waals surface area (Å²) in [6, 6.07) is 18.5. The molecule has 0 bridgehead atoms. The zero-order valence-electron chi connectivity index (χ0n) is 19.0. The molecule has 1 aliphatic heterocycles. The maximum Gasteiger partial charge on any atom is 0.261 e. The molecule has 1 N–H and O–H groups in total. The van der Waals surface area contributed by atoms with E-state index in [4.69, 9.17) is 11.6 Å². The van der Waals surface area contributed by atoms with E-state index in [1.54, 1.807) is 12.1 Å². The van der Waals surface area contributed by atoms with Crippen molar-refractivity contribution in [3.8, 4) is 11.1 Å². The van der Waals surface area contributed by atoms with E-state index < -0.39 is 10.0 Å². The summed E-state index contributed by atoms with van der Waals surface area (Å²) in [6.07, 6.45) is 1.87. The molecule has 0 fully saturated rings. The molecular formula is C25H29Cl2N3O2S.